The zero-order chi connectivity index (χ0) is 23.6. The van der Waals surface area contributed by atoms with Gasteiger partial charge in [0.05, 0.1) is 33.8 Å². The summed E-state index contributed by atoms with van der Waals surface area (Å²) in [5.41, 5.74) is 12.4. The van der Waals surface area contributed by atoms with E-state index < -0.39 is 0 Å². The molecule has 1 fully saturated rings. The number of hydrogen-bond donors (Lipinski definition) is 4. The molecule has 1 aliphatic carbocycles. The first kappa shape index (κ1) is 22.6. The fourth-order valence-corrected chi connectivity index (χ4v) is 6.62. The number of hydrogen-bond acceptors (Lipinski definition) is 6. The van der Waals surface area contributed by atoms with Crippen LogP contribution in [0.5, 0.6) is 0 Å². The Morgan fingerprint density at radius 3 is 2.00 bits per heavy atom. The lowest BCUT2D eigenvalue weighted by atomic mass is 10.2. The van der Waals surface area contributed by atoms with E-state index in [0.717, 1.165) is 57.0 Å². The van der Waals surface area contributed by atoms with Gasteiger partial charge in [0.15, 0.2) is 0 Å². The van der Waals surface area contributed by atoms with Crippen molar-refractivity contribution in [2.24, 2.45) is 9.98 Å². The van der Waals surface area contributed by atoms with Crippen molar-refractivity contribution in [1.82, 2.24) is 9.97 Å². The van der Waals surface area contributed by atoms with Crippen LogP contribution < -0.4 is 11.1 Å². The van der Waals surface area contributed by atoms with Crippen LogP contribution in [0.3, 0.4) is 0 Å². The number of aromatic nitrogens is 2. The van der Waals surface area contributed by atoms with Gasteiger partial charge in [-0.25, -0.2) is 0 Å². The number of aliphatic imine (C=N–C) groups is 2. The Hall–Kier alpha value is -2.84. The van der Waals surface area contributed by atoms with Gasteiger partial charge in [-0.3, -0.25) is 9.98 Å². The number of fused-ring (bicyclic) bond motifs is 2. The molecule has 8 heteroatoms. The van der Waals surface area contributed by atoms with Crippen LogP contribution in [0.15, 0.2) is 58.5 Å². The smallest absolute Gasteiger partial charge is 0.114 e. The summed E-state index contributed by atoms with van der Waals surface area (Å²) in [5.74, 6) is 2.19. The number of rotatable bonds is 4. The van der Waals surface area contributed by atoms with Crippen molar-refractivity contribution in [3.63, 3.8) is 0 Å². The first-order valence-corrected chi connectivity index (χ1v) is 14.3. The minimum absolute atomic E-state index is 0.644. The first-order chi connectivity index (χ1) is 17.2. The Morgan fingerprint density at radius 1 is 0.800 bits per heavy atom. The molecule has 0 bridgehead atoms. The van der Waals surface area contributed by atoms with Gasteiger partial charge in [0.2, 0.25) is 0 Å². The molecular weight excluding hydrogens is 472 g/mol. The van der Waals surface area contributed by atoms with Gasteiger partial charge in [-0.15, -0.1) is 23.5 Å². The molecule has 0 unspecified atom stereocenters. The quantitative estimate of drug-likeness (QED) is 0.248. The van der Waals surface area contributed by atoms with E-state index in [0.29, 0.717) is 6.04 Å². The largest absolute Gasteiger partial charge is 0.397 e. The topological polar surface area (TPSA) is 94.3 Å². The average Bonchev–Trinajstić information content (AvgIpc) is 3.68. The number of anilines is 2. The molecule has 2 aromatic heterocycles. The number of nitrogens with two attached hydrogens (primary N) is 1. The highest BCUT2D eigenvalue weighted by Crippen LogP contribution is 2.30. The summed E-state index contributed by atoms with van der Waals surface area (Å²) in [7, 11) is 0. The zero-order valence-electron chi connectivity index (χ0n) is 19.6. The third-order valence-corrected chi connectivity index (χ3v) is 8.71. The van der Waals surface area contributed by atoms with Crippen LogP contribution in [0, 0.1) is 0 Å². The minimum atomic E-state index is 0.644. The van der Waals surface area contributed by atoms with E-state index in [1.54, 1.807) is 11.8 Å². The van der Waals surface area contributed by atoms with Crippen LogP contribution in [0.2, 0.25) is 0 Å². The number of nitrogens with zero attached hydrogens (tertiary/aromatic N) is 2. The normalized spacial score (nSPS) is 18.1. The Balaban J connectivity index is 0.000000136. The third kappa shape index (κ3) is 4.82. The van der Waals surface area contributed by atoms with E-state index in [1.807, 2.05) is 23.9 Å². The average molecular weight is 503 g/mol. The van der Waals surface area contributed by atoms with E-state index in [9.17, 15) is 0 Å². The second kappa shape index (κ2) is 10.0. The Kier molecular flexibility index (Phi) is 6.48. The van der Waals surface area contributed by atoms with Crippen LogP contribution >= 0.6 is 23.5 Å². The molecular formula is C27H30N6S2. The lowest BCUT2D eigenvalue weighted by Crippen LogP contribution is -2.14. The number of H-pyrrole nitrogens is 2. The second-order valence-corrected chi connectivity index (χ2v) is 11.3. The molecule has 3 aliphatic rings. The van der Waals surface area contributed by atoms with Gasteiger partial charge in [-0.2, -0.15) is 0 Å². The number of nitrogens with one attached hydrogen (secondary N) is 3. The molecule has 6 nitrogen and oxygen atoms in total. The molecule has 35 heavy (non-hydrogen) atoms. The van der Waals surface area contributed by atoms with Crippen molar-refractivity contribution in [3.8, 4) is 0 Å². The van der Waals surface area contributed by atoms with Gasteiger partial charge in [0.25, 0.3) is 0 Å². The third-order valence-electron chi connectivity index (χ3n) is 6.69. The summed E-state index contributed by atoms with van der Waals surface area (Å²) in [6.45, 7) is 1.87. The van der Waals surface area contributed by atoms with Gasteiger partial charge in [-0.1, -0.05) is 37.1 Å². The zero-order valence-corrected chi connectivity index (χ0v) is 21.3. The fourth-order valence-electron chi connectivity index (χ4n) is 4.97. The fraction of sp³-hybridized carbons (Fsp3) is 0.333. The molecule has 1 saturated carbocycles. The maximum atomic E-state index is 5.89. The van der Waals surface area contributed by atoms with Crippen molar-refractivity contribution in [2.75, 3.05) is 35.6 Å². The van der Waals surface area contributed by atoms with E-state index in [4.69, 9.17) is 5.73 Å². The number of aromatic amines is 2. The number of nitrogen functional groups attached to an aromatic ring is 1. The second-order valence-electron chi connectivity index (χ2n) is 9.14. The molecule has 0 spiro atoms. The Labute approximate surface area is 213 Å². The highest BCUT2D eigenvalue weighted by atomic mass is 32.2. The molecule has 4 aromatic rings. The van der Waals surface area contributed by atoms with Crippen LogP contribution in [0.25, 0.3) is 21.8 Å². The van der Waals surface area contributed by atoms with E-state index in [2.05, 4.69) is 61.7 Å². The van der Waals surface area contributed by atoms with E-state index in [-0.39, 0.29) is 0 Å². The van der Waals surface area contributed by atoms with E-state index in [1.165, 1.54) is 48.0 Å². The van der Waals surface area contributed by atoms with Crippen molar-refractivity contribution < 1.29 is 0 Å². The summed E-state index contributed by atoms with van der Waals surface area (Å²) in [6, 6.07) is 17.4. The molecule has 7 rings (SSSR count). The van der Waals surface area contributed by atoms with Crippen LogP contribution in [-0.4, -0.2) is 50.7 Å². The highest BCUT2D eigenvalue weighted by Gasteiger charge is 2.18. The maximum Gasteiger partial charge on any atom is 0.114 e. The molecule has 0 radical (unpaired) electrons. The van der Waals surface area contributed by atoms with Crippen molar-refractivity contribution in [1.29, 1.82) is 0 Å². The first-order valence-electron chi connectivity index (χ1n) is 12.4. The molecule has 5 N–H and O–H groups in total. The lowest BCUT2D eigenvalue weighted by molar-refractivity contribution is 0.756. The Bertz CT molecular complexity index is 1410. The standard InChI is InChI=1S/C16H19N3S.C11H11N3S/c1-2-6-12(5-1)18-13-7-3-4-11-10-14(19-15(11)13)16-17-8-9-20-16;12-8-3-1-2-7-6-9(14-10(7)8)11-13-4-5-15-11/h3-4,7,10,12,18-19H,1-2,5-6,8-9H2;1-3,6,14H,4-5,12H2. The summed E-state index contributed by atoms with van der Waals surface area (Å²) < 4.78 is 0. The SMILES string of the molecule is Nc1cccc2cc(C3=NCCS3)[nH]c12.c1cc(NC2CCCC2)c2[nH]c(C3=NCCS3)cc2c1. The van der Waals surface area contributed by atoms with Gasteiger partial charge < -0.3 is 21.0 Å². The van der Waals surface area contributed by atoms with Crippen LogP contribution in [0.4, 0.5) is 11.4 Å². The van der Waals surface area contributed by atoms with Gasteiger partial charge in [0, 0.05) is 41.4 Å². The molecule has 2 aromatic carbocycles. The monoisotopic (exact) mass is 502 g/mol. The summed E-state index contributed by atoms with van der Waals surface area (Å²) >= 11 is 3.64. The number of benzene rings is 2. The molecule has 2 aliphatic heterocycles. The predicted octanol–water partition coefficient (Wildman–Crippen LogP) is 6.26. The van der Waals surface area contributed by atoms with Gasteiger partial charge in [-0.05, 0) is 37.1 Å². The summed E-state index contributed by atoms with van der Waals surface area (Å²) in [4.78, 5) is 15.9. The minimum Gasteiger partial charge on any atom is -0.397 e. The lowest BCUT2D eigenvalue weighted by Gasteiger charge is -2.14. The molecule has 4 heterocycles. The van der Waals surface area contributed by atoms with Crippen molar-refractivity contribution in [2.45, 2.75) is 31.7 Å². The van der Waals surface area contributed by atoms with Crippen LogP contribution in [0.1, 0.15) is 37.1 Å². The highest BCUT2D eigenvalue weighted by molar-refractivity contribution is 8.15. The summed E-state index contributed by atoms with van der Waals surface area (Å²) in [6.07, 6.45) is 5.31. The maximum absolute atomic E-state index is 5.89. The van der Waals surface area contributed by atoms with Gasteiger partial charge >= 0.3 is 0 Å². The molecule has 0 amide bonds. The van der Waals surface area contributed by atoms with Gasteiger partial charge in [0.1, 0.15) is 10.1 Å². The van der Waals surface area contributed by atoms with Crippen molar-refractivity contribution in [3.05, 3.63) is 59.9 Å². The predicted molar refractivity (Wildman–Crippen MR) is 155 cm³/mol. The van der Waals surface area contributed by atoms with E-state index >= 15 is 0 Å². The van der Waals surface area contributed by atoms with Crippen molar-refractivity contribution >= 4 is 66.8 Å². The van der Waals surface area contributed by atoms with Crippen LogP contribution in [-0.2, 0) is 0 Å². The Morgan fingerprint density at radius 2 is 1.40 bits per heavy atom. The number of thioether (sulfide) groups is 2. The molecule has 0 atom stereocenters. The molecule has 0 saturated heterocycles. The number of para-hydroxylation sites is 2. The summed E-state index contributed by atoms with van der Waals surface area (Å²) in [5, 5.41) is 8.40. The molecule has 180 valence electrons.